The van der Waals surface area contributed by atoms with E-state index in [9.17, 15) is 23.4 Å². The van der Waals surface area contributed by atoms with E-state index in [0.717, 1.165) is 12.0 Å². The Morgan fingerprint density at radius 2 is 1.81 bits per heavy atom. The van der Waals surface area contributed by atoms with Gasteiger partial charge >= 0.3 is 5.97 Å². The molecule has 0 aliphatic heterocycles. The van der Waals surface area contributed by atoms with Crippen LogP contribution >= 0.6 is 0 Å². The first-order valence-electron chi connectivity index (χ1n) is 6.99. The first-order valence-corrected chi connectivity index (χ1v) is 8.71. The van der Waals surface area contributed by atoms with E-state index in [4.69, 9.17) is 0 Å². The number of rotatable bonds is 6. The van der Waals surface area contributed by atoms with E-state index in [1.54, 1.807) is 12.1 Å². The summed E-state index contributed by atoms with van der Waals surface area (Å²) in [5.41, 5.74) is 0.146. The van der Waals surface area contributed by atoms with Crippen LogP contribution in [0.1, 0.15) is 30.9 Å². The lowest BCUT2D eigenvalue weighted by Gasteiger charge is -2.09. The molecule has 3 atom stereocenters. The summed E-state index contributed by atoms with van der Waals surface area (Å²) in [5, 5.41) is 17.9. The van der Waals surface area contributed by atoms with Crippen LogP contribution in [-0.4, -0.2) is 42.2 Å². The summed E-state index contributed by atoms with van der Waals surface area (Å²) < 4.78 is 24.3. The quantitative estimate of drug-likeness (QED) is 0.824. The number of benzene rings is 1. The monoisotopic (exact) mass is 312 g/mol. The molecule has 0 unspecified atom stereocenters. The molecular formula is C15H20O5S. The van der Waals surface area contributed by atoms with Crippen molar-refractivity contribution in [2.45, 2.75) is 31.4 Å². The van der Waals surface area contributed by atoms with Crippen LogP contribution < -0.4 is 0 Å². The van der Waals surface area contributed by atoms with Gasteiger partial charge in [0.25, 0.3) is 0 Å². The number of hydrogen-bond acceptors (Lipinski definition) is 4. The van der Waals surface area contributed by atoms with E-state index in [0.29, 0.717) is 5.56 Å². The zero-order valence-electron chi connectivity index (χ0n) is 12.1. The minimum absolute atomic E-state index is 0.129. The lowest BCUT2D eigenvalue weighted by molar-refractivity contribution is -0.145. The molecule has 2 rings (SSSR count). The van der Waals surface area contributed by atoms with Crippen molar-refractivity contribution < 1.29 is 23.4 Å². The highest BCUT2D eigenvalue weighted by Gasteiger charge is 2.75. The van der Waals surface area contributed by atoms with Crippen molar-refractivity contribution in [2.24, 2.45) is 5.41 Å². The highest BCUT2D eigenvalue weighted by molar-refractivity contribution is 7.92. The van der Waals surface area contributed by atoms with Gasteiger partial charge in [0.1, 0.15) is 5.41 Å². The van der Waals surface area contributed by atoms with Crippen molar-refractivity contribution in [2.75, 3.05) is 12.4 Å². The highest BCUT2D eigenvalue weighted by atomic mass is 32.2. The molecule has 1 saturated carbocycles. The standard InChI is InChI=1S/C15H20O5S/c1-3-10-5-7-11(8-6-10)12-13(21(19,20)4-2)15(12,9-16)14(17)18/h5-8,12-13,16H,3-4,9H2,1-2H3,(H,17,18)/t12-,13+,15-/m1/s1. The molecule has 5 nitrogen and oxygen atoms in total. The lowest BCUT2D eigenvalue weighted by Crippen LogP contribution is -2.28. The fraction of sp³-hybridized carbons (Fsp3) is 0.533. The molecule has 1 aliphatic rings. The molecule has 1 fully saturated rings. The number of aliphatic hydroxyl groups is 1. The van der Waals surface area contributed by atoms with Gasteiger partial charge < -0.3 is 10.2 Å². The molecule has 0 saturated heterocycles. The third kappa shape index (κ3) is 2.36. The van der Waals surface area contributed by atoms with Crippen molar-refractivity contribution in [1.29, 1.82) is 0 Å². The fourth-order valence-electron chi connectivity index (χ4n) is 3.06. The molecule has 2 N–H and O–H groups in total. The lowest BCUT2D eigenvalue weighted by atomic mass is 9.99. The first kappa shape index (κ1) is 16.0. The summed E-state index contributed by atoms with van der Waals surface area (Å²) >= 11 is 0. The molecule has 1 aromatic carbocycles. The van der Waals surface area contributed by atoms with E-state index >= 15 is 0 Å². The van der Waals surface area contributed by atoms with E-state index < -0.39 is 39.0 Å². The van der Waals surface area contributed by atoms with Gasteiger partial charge in [0.2, 0.25) is 0 Å². The second-order valence-electron chi connectivity index (χ2n) is 5.45. The number of carboxylic acids is 1. The highest BCUT2D eigenvalue weighted by Crippen LogP contribution is 2.63. The van der Waals surface area contributed by atoms with E-state index in [2.05, 4.69) is 0 Å². The smallest absolute Gasteiger partial charge is 0.314 e. The minimum Gasteiger partial charge on any atom is -0.481 e. The third-order valence-corrected chi connectivity index (χ3v) is 6.72. The van der Waals surface area contributed by atoms with Crippen molar-refractivity contribution in [3.05, 3.63) is 35.4 Å². The SMILES string of the molecule is CCc1ccc([C@@H]2[C@H](S(=O)(=O)CC)[C@]2(CO)C(=O)O)cc1. The van der Waals surface area contributed by atoms with E-state index in [1.807, 2.05) is 19.1 Å². The number of sulfone groups is 1. The van der Waals surface area contributed by atoms with Crippen LogP contribution in [0.25, 0.3) is 0 Å². The van der Waals surface area contributed by atoms with Crippen LogP contribution in [-0.2, 0) is 21.1 Å². The maximum absolute atomic E-state index is 12.2. The van der Waals surface area contributed by atoms with Crippen molar-refractivity contribution >= 4 is 15.8 Å². The Hall–Kier alpha value is -1.40. The third-order valence-electron chi connectivity index (χ3n) is 4.45. The number of carbonyl (C=O) groups is 1. The van der Waals surface area contributed by atoms with Crippen molar-refractivity contribution in [1.82, 2.24) is 0 Å². The summed E-state index contributed by atoms with van der Waals surface area (Å²) in [6.45, 7) is 2.83. The zero-order chi connectivity index (χ0) is 15.8. The van der Waals surface area contributed by atoms with Gasteiger partial charge in [0.05, 0.1) is 11.9 Å². The summed E-state index contributed by atoms with van der Waals surface area (Å²) in [5.74, 6) is -2.07. The second-order valence-corrected chi connectivity index (χ2v) is 7.86. The van der Waals surface area contributed by atoms with Crippen LogP contribution in [0, 0.1) is 5.41 Å². The number of aliphatic hydroxyl groups excluding tert-OH is 1. The number of aliphatic carboxylic acids is 1. The fourth-order valence-corrected chi connectivity index (χ4v) is 5.11. The van der Waals surface area contributed by atoms with Gasteiger partial charge in [0, 0.05) is 11.7 Å². The Morgan fingerprint density at radius 3 is 2.19 bits per heavy atom. The van der Waals surface area contributed by atoms with Crippen LogP contribution in [0.3, 0.4) is 0 Å². The second kappa shape index (κ2) is 5.42. The van der Waals surface area contributed by atoms with Crippen LogP contribution in [0.15, 0.2) is 24.3 Å². The van der Waals surface area contributed by atoms with Gasteiger partial charge in [0.15, 0.2) is 9.84 Å². The largest absolute Gasteiger partial charge is 0.481 e. The molecule has 21 heavy (non-hydrogen) atoms. The van der Waals surface area contributed by atoms with Gasteiger partial charge in [-0.1, -0.05) is 38.1 Å². The first-order chi connectivity index (χ1) is 9.85. The van der Waals surface area contributed by atoms with E-state index in [-0.39, 0.29) is 5.75 Å². The Labute approximate surface area is 124 Å². The van der Waals surface area contributed by atoms with Crippen LogP contribution in [0.2, 0.25) is 0 Å². The molecule has 6 heteroatoms. The summed E-state index contributed by atoms with van der Waals surface area (Å²) in [6.07, 6.45) is 0.853. The van der Waals surface area contributed by atoms with Gasteiger partial charge in [-0.25, -0.2) is 8.42 Å². The average molecular weight is 312 g/mol. The zero-order valence-corrected chi connectivity index (χ0v) is 12.9. The molecule has 0 heterocycles. The van der Waals surface area contributed by atoms with Gasteiger partial charge in [-0.3, -0.25) is 4.79 Å². The maximum Gasteiger partial charge on any atom is 0.314 e. The van der Waals surface area contributed by atoms with Crippen molar-refractivity contribution in [3.63, 3.8) is 0 Å². The molecule has 0 radical (unpaired) electrons. The molecular weight excluding hydrogens is 292 g/mol. The molecule has 0 amide bonds. The number of hydrogen-bond donors (Lipinski definition) is 2. The predicted octanol–water partition coefficient (Wildman–Crippen LogP) is 1.21. The van der Waals surface area contributed by atoms with Gasteiger partial charge in [-0.15, -0.1) is 0 Å². The molecule has 0 aromatic heterocycles. The Balaban J connectivity index is 2.47. The topological polar surface area (TPSA) is 91.7 Å². The Kier molecular flexibility index (Phi) is 4.13. The summed E-state index contributed by atoms with van der Waals surface area (Å²) in [7, 11) is -3.54. The predicted molar refractivity (Wildman–Crippen MR) is 79.0 cm³/mol. The molecule has 0 bridgehead atoms. The van der Waals surface area contributed by atoms with Gasteiger partial charge in [-0.05, 0) is 17.5 Å². The molecule has 116 valence electrons. The number of carboxylic acid groups (broad SMARTS) is 1. The normalized spacial score (nSPS) is 28.3. The average Bonchev–Trinajstić information content (AvgIpc) is 3.19. The summed E-state index contributed by atoms with van der Waals surface area (Å²) in [4.78, 5) is 11.6. The molecule has 1 aromatic rings. The Bertz CT molecular complexity index is 635. The molecule has 1 aliphatic carbocycles. The van der Waals surface area contributed by atoms with Gasteiger partial charge in [-0.2, -0.15) is 0 Å². The number of aryl methyl sites for hydroxylation is 1. The van der Waals surface area contributed by atoms with Crippen molar-refractivity contribution in [3.8, 4) is 0 Å². The van der Waals surface area contributed by atoms with E-state index in [1.165, 1.54) is 6.92 Å². The summed E-state index contributed by atoms with van der Waals surface area (Å²) in [6, 6.07) is 7.27. The van der Waals surface area contributed by atoms with Crippen LogP contribution in [0.4, 0.5) is 0 Å². The minimum atomic E-state index is -3.54. The Morgan fingerprint density at radius 1 is 1.24 bits per heavy atom. The maximum atomic E-state index is 12.2. The van der Waals surface area contributed by atoms with Crippen LogP contribution in [0.5, 0.6) is 0 Å². The molecule has 0 spiro atoms.